The van der Waals surface area contributed by atoms with E-state index in [2.05, 4.69) is 31.1 Å². The minimum Gasteiger partial charge on any atom is -0.398 e. The van der Waals surface area contributed by atoms with Crippen LogP contribution in [-0.4, -0.2) is 22.2 Å². The van der Waals surface area contributed by atoms with E-state index in [1.807, 2.05) is 0 Å². The fraction of sp³-hybridized carbons (Fsp3) is 0.583. The number of β-amino-alcohol motifs (C(OH)–C–C–N with tert-alkyl or cyclic N) is 1. The molecular formula is C12H21N3O. The Balaban J connectivity index is 2.82. The van der Waals surface area contributed by atoms with E-state index < -0.39 is 5.60 Å². The number of aromatic nitrogens is 1. The summed E-state index contributed by atoms with van der Waals surface area (Å²) >= 11 is 0. The van der Waals surface area contributed by atoms with E-state index in [1.54, 1.807) is 25.4 Å². The highest BCUT2D eigenvalue weighted by Gasteiger charge is 2.27. The Labute approximate surface area is 96.9 Å². The lowest BCUT2D eigenvalue weighted by Gasteiger charge is -2.30. The number of nitrogen functional groups attached to an aromatic ring is 1. The summed E-state index contributed by atoms with van der Waals surface area (Å²) in [6.07, 6.45) is 3.23. The monoisotopic (exact) mass is 223 g/mol. The molecule has 1 aromatic heterocycles. The fourth-order valence-corrected chi connectivity index (χ4v) is 1.39. The average molecular weight is 223 g/mol. The maximum atomic E-state index is 10.3. The zero-order valence-electron chi connectivity index (χ0n) is 10.4. The zero-order chi connectivity index (χ0) is 12.4. The Kier molecular flexibility index (Phi) is 3.55. The van der Waals surface area contributed by atoms with Crippen molar-refractivity contribution in [2.75, 3.05) is 12.3 Å². The van der Waals surface area contributed by atoms with Gasteiger partial charge >= 0.3 is 0 Å². The molecule has 0 aliphatic carbocycles. The molecule has 0 radical (unpaired) electrons. The van der Waals surface area contributed by atoms with Crippen molar-refractivity contribution < 1.29 is 5.11 Å². The van der Waals surface area contributed by atoms with Crippen LogP contribution in [0.15, 0.2) is 18.5 Å². The van der Waals surface area contributed by atoms with Crippen molar-refractivity contribution >= 4 is 5.69 Å². The lowest BCUT2D eigenvalue weighted by Crippen LogP contribution is -2.45. The van der Waals surface area contributed by atoms with Crippen molar-refractivity contribution in [3.8, 4) is 0 Å². The van der Waals surface area contributed by atoms with Gasteiger partial charge < -0.3 is 16.2 Å². The molecule has 4 heteroatoms. The summed E-state index contributed by atoms with van der Waals surface area (Å²) < 4.78 is 0. The van der Waals surface area contributed by atoms with Crippen molar-refractivity contribution in [2.24, 2.45) is 0 Å². The van der Waals surface area contributed by atoms with Gasteiger partial charge in [0.1, 0.15) is 5.60 Å². The molecule has 1 rings (SSSR count). The van der Waals surface area contributed by atoms with E-state index in [4.69, 9.17) is 5.73 Å². The maximum absolute atomic E-state index is 10.3. The third-order valence-electron chi connectivity index (χ3n) is 2.40. The summed E-state index contributed by atoms with van der Waals surface area (Å²) in [7, 11) is 0. The number of nitrogens with one attached hydrogen (secondary N) is 1. The second-order valence-corrected chi connectivity index (χ2v) is 5.34. The molecule has 90 valence electrons. The summed E-state index contributed by atoms with van der Waals surface area (Å²) in [6.45, 7) is 8.33. The van der Waals surface area contributed by atoms with Gasteiger partial charge in [0, 0.05) is 35.7 Å². The second-order valence-electron chi connectivity index (χ2n) is 5.34. The van der Waals surface area contributed by atoms with Gasteiger partial charge in [-0.15, -0.1) is 0 Å². The normalized spacial score (nSPS) is 15.8. The van der Waals surface area contributed by atoms with Gasteiger partial charge in [0.2, 0.25) is 0 Å². The largest absolute Gasteiger partial charge is 0.398 e. The summed E-state index contributed by atoms with van der Waals surface area (Å²) in [5.74, 6) is 0. The molecule has 0 saturated heterocycles. The average Bonchev–Trinajstić information content (AvgIpc) is 2.14. The smallest absolute Gasteiger partial charge is 0.103 e. The van der Waals surface area contributed by atoms with Crippen LogP contribution in [0.3, 0.4) is 0 Å². The number of nitrogens with two attached hydrogens (primary N) is 1. The molecule has 0 saturated carbocycles. The molecular weight excluding hydrogens is 202 g/mol. The summed E-state index contributed by atoms with van der Waals surface area (Å²) in [6, 6.07) is 1.70. The highest BCUT2D eigenvalue weighted by Crippen LogP contribution is 2.24. The zero-order valence-corrected chi connectivity index (χ0v) is 10.4. The molecule has 0 aromatic carbocycles. The molecule has 0 spiro atoms. The van der Waals surface area contributed by atoms with E-state index in [1.165, 1.54) is 0 Å². The van der Waals surface area contributed by atoms with Crippen LogP contribution in [0.1, 0.15) is 33.3 Å². The first kappa shape index (κ1) is 12.9. The van der Waals surface area contributed by atoms with Crippen molar-refractivity contribution in [3.63, 3.8) is 0 Å². The van der Waals surface area contributed by atoms with Gasteiger partial charge in [-0.2, -0.15) is 0 Å². The van der Waals surface area contributed by atoms with Crippen LogP contribution in [-0.2, 0) is 5.60 Å². The molecule has 4 N–H and O–H groups in total. The standard InChI is InChI=1S/C12H21N3O/c1-11(2,3)15-8-12(4,16)9-7-14-6-5-10(9)13/h5-7,15-16H,8H2,1-4H3,(H2,13,14). The highest BCUT2D eigenvalue weighted by molar-refractivity contribution is 5.47. The first-order valence-electron chi connectivity index (χ1n) is 5.40. The number of pyridine rings is 1. The minimum atomic E-state index is -1.01. The van der Waals surface area contributed by atoms with Crippen molar-refractivity contribution in [1.29, 1.82) is 0 Å². The molecule has 0 bridgehead atoms. The SMILES string of the molecule is CC(C)(C)NCC(C)(O)c1cnccc1N. The Morgan fingerprint density at radius 2 is 2.00 bits per heavy atom. The van der Waals surface area contributed by atoms with Crippen LogP contribution in [0.25, 0.3) is 0 Å². The lowest BCUT2D eigenvalue weighted by molar-refractivity contribution is 0.0506. The summed E-state index contributed by atoms with van der Waals surface area (Å²) in [5, 5.41) is 13.6. The predicted molar refractivity (Wildman–Crippen MR) is 66.0 cm³/mol. The number of anilines is 1. The van der Waals surface area contributed by atoms with Crippen LogP contribution in [0.5, 0.6) is 0 Å². The molecule has 0 aliphatic heterocycles. The molecule has 0 amide bonds. The quantitative estimate of drug-likeness (QED) is 0.721. The molecule has 16 heavy (non-hydrogen) atoms. The van der Waals surface area contributed by atoms with E-state index in [0.29, 0.717) is 17.8 Å². The summed E-state index contributed by atoms with van der Waals surface area (Å²) in [4.78, 5) is 3.99. The number of hydrogen-bond acceptors (Lipinski definition) is 4. The van der Waals surface area contributed by atoms with Gasteiger partial charge in [0.15, 0.2) is 0 Å². The molecule has 1 heterocycles. The number of rotatable bonds is 3. The Morgan fingerprint density at radius 3 is 2.50 bits per heavy atom. The van der Waals surface area contributed by atoms with Crippen LogP contribution in [0.4, 0.5) is 5.69 Å². The fourth-order valence-electron chi connectivity index (χ4n) is 1.39. The molecule has 4 nitrogen and oxygen atoms in total. The van der Waals surface area contributed by atoms with Gasteiger partial charge in [-0.1, -0.05) is 0 Å². The van der Waals surface area contributed by atoms with Crippen molar-refractivity contribution in [3.05, 3.63) is 24.0 Å². The summed E-state index contributed by atoms with van der Waals surface area (Å²) in [5.41, 5.74) is 5.99. The van der Waals surface area contributed by atoms with Gasteiger partial charge in [-0.25, -0.2) is 0 Å². The van der Waals surface area contributed by atoms with Crippen molar-refractivity contribution in [2.45, 2.75) is 38.8 Å². The highest BCUT2D eigenvalue weighted by atomic mass is 16.3. The molecule has 0 aliphatic rings. The van der Waals surface area contributed by atoms with Gasteiger partial charge in [-0.3, -0.25) is 4.98 Å². The van der Waals surface area contributed by atoms with Crippen molar-refractivity contribution in [1.82, 2.24) is 10.3 Å². The van der Waals surface area contributed by atoms with Gasteiger partial charge in [0.25, 0.3) is 0 Å². The van der Waals surface area contributed by atoms with E-state index in [9.17, 15) is 5.11 Å². The lowest BCUT2D eigenvalue weighted by atomic mass is 9.95. The van der Waals surface area contributed by atoms with E-state index >= 15 is 0 Å². The Morgan fingerprint density at radius 1 is 1.38 bits per heavy atom. The molecule has 1 unspecified atom stereocenters. The van der Waals surface area contributed by atoms with Gasteiger partial charge in [0.05, 0.1) is 0 Å². The van der Waals surface area contributed by atoms with Gasteiger partial charge in [-0.05, 0) is 33.8 Å². The van der Waals surface area contributed by atoms with Crippen LogP contribution in [0.2, 0.25) is 0 Å². The first-order valence-corrected chi connectivity index (χ1v) is 5.40. The van der Waals surface area contributed by atoms with E-state index in [0.717, 1.165) is 0 Å². The first-order chi connectivity index (χ1) is 7.22. The second kappa shape index (κ2) is 4.39. The third-order valence-corrected chi connectivity index (χ3v) is 2.40. The topological polar surface area (TPSA) is 71.2 Å². The Bertz CT molecular complexity index is 356. The molecule has 1 atom stereocenters. The number of hydrogen-bond donors (Lipinski definition) is 3. The number of aliphatic hydroxyl groups is 1. The number of nitrogens with zero attached hydrogens (tertiary/aromatic N) is 1. The minimum absolute atomic E-state index is 0.0407. The molecule has 1 aromatic rings. The van der Waals surface area contributed by atoms with Crippen LogP contribution >= 0.6 is 0 Å². The maximum Gasteiger partial charge on any atom is 0.103 e. The molecule has 0 fully saturated rings. The van der Waals surface area contributed by atoms with Crippen LogP contribution < -0.4 is 11.1 Å². The Hall–Kier alpha value is -1.13. The predicted octanol–water partition coefficient (Wildman–Crippen LogP) is 1.26. The van der Waals surface area contributed by atoms with Crippen LogP contribution in [0, 0.1) is 0 Å². The third kappa shape index (κ3) is 3.47. The van der Waals surface area contributed by atoms with E-state index in [-0.39, 0.29) is 5.54 Å².